The molecule has 1 unspecified atom stereocenters. The third-order valence-electron chi connectivity index (χ3n) is 4.99. The molecule has 0 spiro atoms. The van der Waals surface area contributed by atoms with E-state index in [-0.39, 0.29) is 18.1 Å². The maximum atomic E-state index is 13.1. The number of hydrogen-bond acceptors (Lipinski definition) is 4. The first kappa shape index (κ1) is 16.0. The summed E-state index contributed by atoms with van der Waals surface area (Å²) in [6.45, 7) is 3.92. The second kappa shape index (κ2) is 5.23. The number of aliphatic hydroxyl groups is 1. The van der Waals surface area contributed by atoms with Crippen LogP contribution in [0.1, 0.15) is 37.0 Å². The van der Waals surface area contributed by atoms with Crippen molar-refractivity contribution in [3.63, 3.8) is 0 Å². The lowest BCUT2D eigenvalue weighted by Crippen LogP contribution is -2.42. The van der Waals surface area contributed by atoms with Crippen molar-refractivity contribution in [1.29, 1.82) is 0 Å². The Kier molecular flexibility index (Phi) is 3.34. The number of anilines is 1. The summed E-state index contributed by atoms with van der Waals surface area (Å²) in [5.41, 5.74) is 0.735. The second-order valence-corrected chi connectivity index (χ2v) is 7.47. The van der Waals surface area contributed by atoms with Gasteiger partial charge in [-0.05, 0) is 43.5 Å². The van der Waals surface area contributed by atoms with Crippen LogP contribution in [0.5, 0.6) is 11.5 Å². The normalized spacial score (nSPS) is 21.5. The van der Waals surface area contributed by atoms with E-state index in [0.717, 1.165) is 17.5 Å². The van der Waals surface area contributed by atoms with Crippen LogP contribution in [0, 0.1) is 0 Å². The summed E-state index contributed by atoms with van der Waals surface area (Å²) in [5.74, 6) is 0.438. The fraction of sp³-hybridized carbons (Fsp3) is 0.350. The molecule has 0 aromatic heterocycles. The van der Waals surface area contributed by atoms with Gasteiger partial charge >= 0.3 is 0 Å². The molecule has 1 amide bonds. The fourth-order valence-electron chi connectivity index (χ4n) is 4.06. The number of phenolic OH excluding ortho intramolecular Hbond substituents is 1. The van der Waals surface area contributed by atoms with Gasteiger partial charge in [-0.1, -0.05) is 18.2 Å². The fourth-order valence-corrected chi connectivity index (χ4v) is 4.06. The Labute approximate surface area is 146 Å². The molecular weight excluding hydrogens is 318 g/mol. The largest absolute Gasteiger partial charge is 0.507 e. The lowest BCUT2D eigenvalue weighted by molar-refractivity contribution is -0.121. The third kappa shape index (κ3) is 2.38. The van der Waals surface area contributed by atoms with Crippen LogP contribution >= 0.6 is 0 Å². The Morgan fingerprint density at radius 2 is 2.00 bits per heavy atom. The van der Waals surface area contributed by atoms with Gasteiger partial charge in [0.1, 0.15) is 16.9 Å². The van der Waals surface area contributed by atoms with Gasteiger partial charge in [-0.15, -0.1) is 0 Å². The Balaban J connectivity index is 1.99. The number of carbonyl (C=O) groups excluding carboxylic acids is 1. The highest BCUT2D eigenvalue weighted by Gasteiger charge is 2.52. The van der Waals surface area contributed by atoms with Crippen molar-refractivity contribution < 1.29 is 19.7 Å². The molecule has 0 aliphatic carbocycles. The number of phenols is 1. The third-order valence-corrected chi connectivity index (χ3v) is 4.99. The van der Waals surface area contributed by atoms with Crippen molar-refractivity contribution in [2.45, 2.75) is 37.7 Å². The van der Waals surface area contributed by atoms with E-state index in [2.05, 4.69) is 5.32 Å². The van der Waals surface area contributed by atoms with Crippen LogP contribution in [0.4, 0.5) is 5.69 Å². The Bertz CT molecular complexity index is 868. The zero-order valence-electron chi connectivity index (χ0n) is 14.3. The van der Waals surface area contributed by atoms with Crippen molar-refractivity contribution in [2.75, 3.05) is 11.9 Å². The van der Waals surface area contributed by atoms with Gasteiger partial charge in [-0.25, -0.2) is 0 Å². The molecule has 2 aliphatic heterocycles. The van der Waals surface area contributed by atoms with Gasteiger partial charge in [0.2, 0.25) is 5.91 Å². The van der Waals surface area contributed by atoms with Gasteiger partial charge in [0.25, 0.3) is 0 Å². The van der Waals surface area contributed by atoms with E-state index in [4.69, 9.17) is 4.74 Å². The quantitative estimate of drug-likeness (QED) is 0.803. The number of nitrogens with one attached hydrogen (secondary N) is 1. The van der Waals surface area contributed by atoms with Crippen LogP contribution in [-0.4, -0.2) is 28.3 Å². The topological polar surface area (TPSA) is 78.8 Å². The van der Waals surface area contributed by atoms with Gasteiger partial charge in [0.15, 0.2) is 0 Å². The molecule has 0 saturated heterocycles. The van der Waals surface area contributed by atoms with Crippen molar-refractivity contribution in [2.24, 2.45) is 0 Å². The predicted octanol–water partition coefficient (Wildman–Crippen LogP) is 2.73. The smallest absolute Gasteiger partial charge is 0.239 e. The average molecular weight is 339 g/mol. The van der Waals surface area contributed by atoms with Gasteiger partial charge in [0.05, 0.1) is 12.2 Å². The maximum absolute atomic E-state index is 13.1. The molecule has 25 heavy (non-hydrogen) atoms. The van der Waals surface area contributed by atoms with Crippen LogP contribution in [0.15, 0.2) is 36.4 Å². The molecule has 2 aromatic carbocycles. The second-order valence-electron chi connectivity index (χ2n) is 7.47. The molecule has 5 heteroatoms. The Morgan fingerprint density at radius 1 is 1.24 bits per heavy atom. The first-order valence-electron chi connectivity index (χ1n) is 8.44. The SMILES string of the molecule is CC(C)(O)CC1(c2cc3c(cc2O)OCC3)C(=O)Nc2ccccc21. The first-order valence-corrected chi connectivity index (χ1v) is 8.44. The summed E-state index contributed by atoms with van der Waals surface area (Å²) in [4.78, 5) is 13.1. The summed E-state index contributed by atoms with van der Waals surface area (Å²) < 4.78 is 5.52. The zero-order valence-corrected chi connectivity index (χ0v) is 14.3. The summed E-state index contributed by atoms with van der Waals surface area (Å²) in [5, 5.41) is 24.2. The highest BCUT2D eigenvalue weighted by molar-refractivity contribution is 6.09. The first-order chi connectivity index (χ1) is 11.8. The minimum atomic E-state index is -1.14. The highest BCUT2D eigenvalue weighted by atomic mass is 16.5. The molecule has 130 valence electrons. The van der Waals surface area contributed by atoms with Crippen LogP contribution in [0.3, 0.4) is 0 Å². The highest BCUT2D eigenvalue weighted by Crippen LogP contribution is 2.51. The molecule has 2 aliphatic rings. The van der Waals surface area contributed by atoms with Crippen molar-refractivity contribution in [3.05, 3.63) is 53.1 Å². The van der Waals surface area contributed by atoms with E-state index in [1.807, 2.05) is 30.3 Å². The van der Waals surface area contributed by atoms with E-state index in [1.54, 1.807) is 19.9 Å². The molecular formula is C20H21NO4. The molecule has 0 radical (unpaired) electrons. The number of carbonyl (C=O) groups is 1. The van der Waals surface area contributed by atoms with Crippen LogP contribution < -0.4 is 10.1 Å². The zero-order chi connectivity index (χ0) is 17.8. The minimum absolute atomic E-state index is 0.0109. The van der Waals surface area contributed by atoms with E-state index in [9.17, 15) is 15.0 Å². The van der Waals surface area contributed by atoms with Gasteiger partial charge < -0.3 is 20.3 Å². The summed E-state index contributed by atoms with van der Waals surface area (Å²) in [7, 11) is 0. The molecule has 4 rings (SSSR count). The number of para-hydroxylation sites is 1. The number of amides is 1. The lowest BCUT2D eigenvalue weighted by atomic mass is 9.68. The molecule has 3 N–H and O–H groups in total. The van der Waals surface area contributed by atoms with Gasteiger partial charge in [-0.2, -0.15) is 0 Å². The number of benzene rings is 2. The number of rotatable bonds is 3. The van der Waals surface area contributed by atoms with E-state index in [0.29, 0.717) is 23.6 Å². The average Bonchev–Trinajstić information content (AvgIpc) is 3.08. The van der Waals surface area contributed by atoms with Gasteiger partial charge in [-0.3, -0.25) is 4.79 Å². The monoisotopic (exact) mass is 339 g/mol. The van der Waals surface area contributed by atoms with Gasteiger partial charge in [0, 0.05) is 23.7 Å². The van der Waals surface area contributed by atoms with Crippen molar-refractivity contribution in [1.82, 2.24) is 0 Å². The van der Waals surface area contributed by atoms with E-state index >= 15 is 0 Å². The number of hydrogen-bond donors (Lipinski definition) is 3. The summed E-state index contributed by atoms with van der Waals surface area (Å²) in [6.07, 6.45) is 0.903. The van der Waals surface area contributed by atoms with E-state index < -0.39 is 11.0 Å². The van der Waals surface area contributed by atoms with E-state index in [1.165, 1.54) is 0 Å². The molecule has 0 bridgehead atoms. The lowest BCUT2D eigenvalue weighted by Gasteiger charge is -2.34. The Hall–Kier alpha value is -2.53. The molecule has 5 nitrogen and oxygen atoms in total. The number of ether oxygens (including phenoxy) is 1. The molecule has 2 aromatic rings. The molecule has 0 fully saturated rings. The molecule has 0 saturated carbocycles. The molecule has 1 atom stereocenters. The standard InChI is InChI=1S/C20H21NO4/c1-19(2,24)11-20(13-5-3-4-6-15(13)21-18(20)23)14-9-12-7-8-25-17(12)10-16(14)22/h3-6,9-10,22,24H,7-8,11H2,1-2H3,(H,21,23). The summed E-state index contributed by atoms with van der Waals surface area (Å²) in [6, 6.07) is 10.9. The van der Waals surface area contributed by atoms with Crippen molar-refractivity contribution >= 4 is 11.6 Å². The van der Waals surface area contributed by atoms with Crippen molar-refractivity contribution in [3.8, 4) is 11.5 Å². The number of aromatic hydroxyl groups is 1. The number of fused-ring (bicyclic) bond motifs is 2. The van der Waals surface area contributed by atoms with Crippen LogP contribution in [0.25, 0.3) is 0 Å². The minimum Gasteiger partial charge on any atom is -0.507 e. The Morgan fingerprint density at radius 3 is 2.76 bits per heavy atom. The molecule has 2 heterocycles. The van der Waals surface area contributed by atoms with Crippen LogP contribution in [0.2, 0.25) is 0 Å². The van der Waals surface area contributed by atoms with Crippen LogP contribution in [-0.2, 0) is 16.6 Å². The predicted molar refractivity (Wildman–Crippen MR) is 94.1 cm³/mol. The summed E-state index contributed by atoms with van der Waals surface area (Å²) >= 11 is 0. The maximum Gasteiger partial charge on any atom is 0.239 e.